The fourth-order valence-electron chi connectivity index (χ4n) is 6.75. The van der Waals surface area contributed by atoms with Gasteiger partial charge in [0.25, 0.3) is 0 Å². The van der Waals surface area contributed by atoms with E-state index in [4.69, 9.17) is 9.47 Å². The Kier molecular flexibility index (Phi) is 8.30. The largest absolute Gasteiger partial charge is 0.481 e. The van der Waals surface area contributed by atoms with Crippen molar-refractivity contribution in [2.75, 3.05) is 13.4 Å². The Balaban J connectivity index is 1.53. The van der Waals surface area contributed by atoms with Crippen LogP contribution in [0.5, 0.6) is 0 Å². The summed E-state index contributed by atoms with van der Waals surface area (Å²) in [6.07, 6.45) is 6.64. The predicted molar refractivity (Wildman–Crippen MR) is 122 cm³/mol. The van der Waals surface area contributed by atoms with Crippen molar-refractivity contribution in [3.63, 3.8) is 0 Å². The summed E-state index contributed by atoms with van der Waals surface area (Å²) < 4.78 is 11.2. The van der Waals surface area contributed by atoms with Gasteiger partial charge in [-0.15, -0.1) is 0 Å². The Morgan fingerprint density at radius 2 is 1.75 bits per heavy atom. The molecule has 0 heterocycles. The lowest BCUT2D eigenvalue weighted by molar-refractivity contribution is -0.170. The molecule has 6 heteroatoms. The van der Waals surface area contributed by atoms with Crippen molar-refractivity contribution >= 4 is 11.9 Å². The van der Waals surface area contributed by atoms with Gasteiger partial charge in [0.05, 0.1) is 24.5 Å². The standard InChI is InChI=1S/C26H44O6/c1-15-6-9-20(11-23(15)27)26(4,5)12-21(17(3)24(28)29)25(30)32-14-31-13-22-16(2)18-7-8-19(22)10-18/h15-23,27H,6-14H2,1-5H3,(H,28,29). The molecule has 0 saturated heterocycles. The minimum Gasteiger partial charge on any atom is -0.481 e. The minimum absolute atomic E-state index is 0.109. The predicted octanol–water partition coefficient (Wildman–Crippen LogP) is 4.74. The number of aliphatic carboxylic acids is 1. The monoisotopic (exact) mass is 452 g/mol. The van der Waals surface area contributed by atoms with Crippen molar-refractivity contribution in [1.29, 1.82) is 0 Å². The van der Waals surface area contributed by atoms with Crippen molar-refractivity contribution in [3.05, 3.63) is 0 Å². The third-order valence-corrected chi connectivity index (χ3v) is 9.43. The van der Waals surface area contributed by atoms with E-state index < -0.39 is 23.8 Å². The number of ether oxygens (including phenoxy) is 2. The van der Waals surface area contributed by atoms with E-state index in [0.717, 1.165) is 24.7 Å². The highest BCUT2D eigenvalue weighted by Crippen LogP contribution is 2.52. The summed E-state index contributed by atoms with van der Waals surface area (Å²) in [5.74, 6) is 0.259. The van der Waals surface area contributed by atoms with Gasteiger partial charge in [-0.2, -0.15) is 0 Å². The van der Waals surface area contributed by atoms with E-state index >= 15 is 0 Å². The van der Waals surface area contributed by atoms with Crippen LogP contribution < -0.4 is 0 Å². The molecule has 0 aromatic heterocycles. The van der Waals surface area contributed by atoms with Crippen LogP contribution in [0.15, 0.2) is 0 Å². The highest BCUT2D eigenvalue weighted by molar-refractivity contribution is 5.80. The van der Waals surface area contributed by atoms with Crippen LogP contribution in [-0.2, 0) is 19.1 Å². The van der Waals surface area contributed by atoms with E-state index in [1.165, 1.54) is 19.3 Å². The van der Waals surface area contributed by atoms with E-state index in [1.807, 2.05) is 0 Å². The van der Waals surface area contributed by atoms with Crippen molar-refractivity contribution < 1.29 is 29.3 Å². The molecule has 6 nitrogen and oxygen atoms in total. The average molecular weight is 453 g/mol. The second-order valence-corrected chi connectivity index (χ2v) is 11.8. The number of fused-ring (bicyclic) bond motifs is 2. The van der Waals surface area contributed by atoms with Gasteiger partial charge in [0.1, 0.15) is 0 Å². The highest BCUT2D eigenvalue weighted by atomic mass is 16.7. The summed E-state index contributed by atoms with van der Waals surface area (Å²) in [7, 11) is 0. The van der Waals surface area contributed by atoms with E-state index in [-0.39, 0.29) is 30.1 Å². The van der Waals surface area contributed by atoms with Gasteiger partial charge in [0.2, 0.25) is 0 Å². The zero-order valence-electron chi connectivity index (χ0n) is 20.6. The van der Waals surface area contributed by atoms with E-state index in [9.17, 15) is 19.8 Å². The number of hydrogen-bond donors (Lipinski definition) is 2. The van der Waals surface area contributed by atoms with Gasteiger partial charge in [-0.3, -0.25) is 9.59 Å². The van der Waals surface area contributed by atoms with Gasteiger partial charge in [-0.1, -0.05) is 34.6 Å². The van der Waals surface area contributed by atoms with Crippen LogP contribution in [0.2, 0.25) is 0 Å². The lowest BCUT2D eigenvalue weighted by atomic mass is 9.64. The molecule has 0 radical (unpaired) electrons. The van der Waals surface area contributed by atoms with Crippen LogP contribution in [0.3, 0.4) is 0 Å². The van der Waals surface area contributed by atoms with Gasteiger partial charge >= 0.3 is 11.9 Å². The number of carboxylic acids is 1. The molecule has 3 aliphatic carbocycles. The minimum atomic E-state index is -0.989. The Labute approximate surface area is 193 Å². The molecule has 3 rings (SSSR count). The smallest absolute Gasteiger partial charge is 0.311 e. The number of carboxylic acid groups (broad SMARTS) is 1. The van der Waals surface area contributed by atoms with Gasteiger partial charge in [0, 0.05) is 0 Å². The molecular weight excluding hydrogens is 408 g/mol. The molecule has 3 fully saturated rings. The topological polar surface area (TPSA) is 93.1 Å². The van der Waals surface area contributed by atoms with Crippen molar-refractivity contribution in [2.45, 2.75) is 85.7 Å². The lowest BCUT2D eigenvalue weighted by Crippen LogP contribution is -2.40. The van der Waals surface area contributed by atoms with E-state index in [1.54, 1.807) is 6.92 Å². The van der Waals surface area contributed by atoms with Crippen LogP contribution in [0, 0.1) is 52.8 Å². The first-order valence-corrected chi connectivity index (χ1v) is 12.7. The quantitative estimate of drug-likeness (QED) is 0.283. The Morgan fingerprint density at radius 3 is 2.34 bits per heavy atom. The third kappa shape index (κ3) is 5.67. The number of aliphatic hydroxyl groups is 1. The Morgan fingerprint density at radius 1 is 1.06 bits per heavy atom. The molecule has 0 aromatic rings. The number of aliphatic hydroxyl groups excluding tert-OH is 1. The maximum absolute atomic E-state index is 12.9. The molecule has 3 aliphatic rings. The molecule has 32 heavy (non-hydrogen) atoms. The van der Waals surface area contributed by atoms with Crippen LogP contribution >= 0.6 is 0 Å². The van der Waals surface area contributed by atoms with Crippen molar-refractivity contribution in [3.8, 4) is 0 Å². The molecule has 2 N–H and O–H groups in total. The number of rotatable bonds is 10. The molecule has 0 aromatic carbocycles. The second-order valence-electron chi connectivity index (χ2n) is 11.8. The fraction of sp³-hybridized carbons (Fsp3) is 0.923. The second kappa shape index (κ2) is 10.4. The summed E-state index contributed by atoms with van der Waals surface area (Å²) in [4.78, 5) is 24.7. The van der Waals surface area contributed by atoms with E-state index in [2.05, 4.69) is 27.7 Å². The normalized spacial score (nSPS) is 36.6. The molecular formula is C26H44O6. The van der Waals surface area contributed by atoms with Gasteiger partial charge in [0.15, 0.2) is 6.79 Å². The van der Waals surface area contributed by atoms with Gasteiger partial charge in [-0.05, 0) is 85.9 Å². The maximum Gasteiger partial charge on any atom is 0.311 e. The molecule has 9 unspecified atom stereocenters. The molecule has 9 atom stereocenters. The summed E-state index contributed by atoms with van der Waals surface area (Å²) in [6.45, 7) is 10.6. The van der Waals surface area contributed by atoms with Crippen LogP contribution in [-0.4, -0.2) is 41.7 Å². The third-order valence-electron chi connectivity index (χ3n) is 9.43. The van der Waals surface area contributed by atoms with Crippen LogP contribution in [0.25, 0.3) is 0 Å². The fourth-order valence-corrected chi connectivity index (χ4v) is 6.75. The average Bonchev–Trinajstić information content (AvgIpc) is 3.32. The molecule has 184 valence electrons. The summed E-state index contributed by atoms with van der Waals surface area (Å²) in [5.41, 5.74) is -0.270. The van der Waals surface area contributed by atoms with Crippen molar-refractivity contribution in [2.24, 2.45) is 52.8 Å². The summed E-state index contributed by atoms with van der Waals surface area (Å²) >= 11 is 0. The molecule has 0 spiro atoms. The lowest BCUT2D eigenvalue weighted by Gasteiger charge is -2.42. The van der Waals surface area contributed by atoms with Crippen molar-refractivity contribution in [1.82, 2.24) is 0 Å². The number of carbonyl (C=O) groups excluding carboxylic acids is 1. The first kappa shape index (κ1) is 25.5. The number of carbonyl (C=O) groups is 2. The SMILES string of the molecule is CC1CCC(C(C)(C)CC(C(=O)OCOCC2C3CCC(C3)C2C)C(C)C(=O)O)CC1O. The molecule has 3 saturated carbocycles. The summed E-state index contributed by atoms with van der Waals surface area (Å²) in [5, 5.41) is 20.0. The molecule has 0 amide bonds. The van der Waals surface area contributed by atoms with Gasteiger partial charge in [-0.25, -0.2) is 0 Å². The zero-order chi connectivity index (χ0) is 23.6. The summed E-state index contributed by atoms with van der Waals surface area (Å²) in [6, 6.07) is 0. The Bertz CT molecular complexity index is 659. The maximum atomic E-state index is 12.9. The first-order chi connectivity index (χ1) is 15.0. The number of hydrogen-bond acceptors (Lipinski definition) is 5. The molecule has 2 bridgehead atoms. The van der Waals surface area contributed by atoms with E-state index in [0.29, 0.717) is 31.3 Å². The van der Waals surface area contributed by atoms with Crippen LogP contribution in [0.1, 0.15) is 79.6 Å². The van der Waals surface area contributed by atoms with Crippen LogP contribution in [0.4, 0.5) is 0 Å². The number of esters is 1. The Hall–Kier alpha value is -1.14. The van der Waals surface area contributed by atoms with Gasteiger partial charge < -0.3 is 19.7 Å². The first-order valence-electron chi connectivity index (χ1n) is 12.7. The molecule has 0 aliphatic heterocycles. The zero-order valence-corrected chi connectivity index (χ0v) is 20.6. The highest BCUT2D eigenvalue weighted by Gasteiger charge is 2.45.